The molecule has 0 aliphatic carbocycles. The summed E-state index contributed by atoms with van der Waals surface area (Å²) in [5.74, 6) is 0.197. The summed E-state index contributed by atoms with van der Waals surface area (Å²) in [6.45, 7) is -2.86. The van der Waals surface area contributed by atoms with Gasteiger partial charge in [-0.05, 0) is 35.4 Å². The molecule has 0 fully saturated rings. The molecule has 122 valence electrons. The van der Waals surface area contributed by atoms with Gasteiger partial charge in [-0.15, -0.1) is 0 Å². The zero-order valence-electron chi connectivity index (χ0n) is 12.3. The zero-order chi connectivity index (χ0) is 17.1. The zero-order valence-corrected chi connectivity index (χ0v) is 12.3. The van der Waals surface area contributed by atoms with Crippen LogP contribution < -0.4 is 10.2 Å². The van der Waals surface area contributed by atoms with Crippen LogP contribution >= 0.6 is 0 Å². The second-order valence-electron chi connectivity index (χ2n) is 4.91. The SMILES string of the molecule is O=c1ccn(-c2cc(-c3ccc(OC(F)F)cc3)ccn2)cc1O. The molecule has 0 aliphatic rings. The van der Waals surface area contributed by atoms with Crippen LogP contribution in [0.25, 0.3) is 16.9 Å². The molecule has 0 radical (unpaired) electrons. The molecular weight excluding hydrogens is 318 g/mol. The summed E-state index contributed by atoms with van der Waals surface area (Å²) in [4.78, 5) is 15.4. The summed E-state index contributed by atoms with van der Waals surface area (Å²) in [6.07, 6.45) is 4.34. The van der Waals surface area contributed by atoms with Crippen molar-refractivity contribution in [2.45, 2.75) is 6.61 Å². The maximum absolute atomic E-state index is 12.2. The van der Waals surface area contributed by atoms with Crippen molar-refractivity contribution < 1.29 is 18.6 Å². The molecule has 1 N–H and O–H groups in total. The van der Waals surface area contributed by atoms with Crippen LogP contribution in [-0.2, 0) is 0 Å². The molecule has 2 aromatic heterocycles. The summed E-state index contributed by atoms with van der Waals surface area (Å²) in [6, 6.07) is 10.9. The number of rotatable bonds is 4. The van der Waals surface area contributed by atoms with Gasteiger partial charge in [-0.3, -0.25) is 4.79 Å². The summed E-state index contributed by atoms with van der Waals surface area (Å²) in [7, 11) is 0. The van der Waals surface area contributed by atoms with E-state index in [2.05, 4.69) is 9.72 Å². The first-order chi connectivity index (χ1) is 11.5. The minimum atomic E-state index is -2.86. The Morgan fingerprint density at radius 2 is 1.83 bits per heavy atom. The van der Waals surface area contributed by atoms with Crippen molar-refractivity contribution in [3.05, 3.63) is 71.3 Å². The third-order valence-electron chi connectivity index (χ3n) is 3.32. The predicted molar refractivity (Wildman–Crippen MR) is 83.6 cm³/mol. The highest BCUT2D eigenvalue weighted by Crippen LogP contribution is 2.24. The number of alkyl halides is 2. The quantitative estimate of drug-likeness (QED) is 0.798. The Labute approximate surface area is 135 Å². The van der Waals surface area contributed by atoms with Gasteiger partial charge in [0, 0.05) is 18.5 Å². The topological polar surface area (TPSA) is 64.4 Å². The highest BCUT2D eigenvalue weighted by Gasteiger charge is 2.06. The lowest BCUT2D eigenvalue weighted by Crippen LogP contribution is -2.04. The smallest absolute Gasteiger partial charge is 0.387 e. The molecular formula is C17H12F2N2O3. The van der Waals surface area contributed by atoms with Crippen molar-refractivity contribution >= 4 is 0 Å². The van der Waals surface area contributed by atoms with Gasteiger partial charge in [0.15, 0.2) is 5.75 Å². The molecule has 5 nitrogen and oxygen atoms in total. The first-order valence-corrected chi connectivity index (χ1v) is 6.96. The maximum Gasteiger partial charge on any atom is 0.387 e. The van der Waals surface area contributed by atoms with Gasteiger partial charge in [-0.25, -0.2) is 4.98 Å². The average Bonchev–Trinajstić information content (AvgIpc) is 2.58. The molecule has 0 bridgehead atoms. The van der Waals surface area contributed by atoms with Crippen molar-refractivity contribution in [3.8, 4) is 28.4 Å². The molecule has 3 aromatic rings. The maximum atomic E-state index is 12.2. The third kappa shape index (κ3) is 3.40. The Balaban J connectivity index is 1.92. The van der Waals surface area contributed by atoms with Crippen LogP contribution in [0.2, 0.25) is 0 Å². The van der Waals surface area contributed by atoms with E-state index in [0.717, 1.165) is 11.1 Å². The van der Waals surface area contributed by atoms with Crippen molar-refractivity contribution in [3.63, 3.8) is 0 Å². The van der Waals surface area contributed by atoms with E-state index in [1.165, 1.54) is 35.2 Å². The Hall–Kier alpha value is -3.22. The molecule has 0 aliphatic heterocycles. The molecule has 7 heteroatoms. The van der Waals surface area contributed by atoms with Crippen molar-refractivity contribution in [1.29, 1.82) is 0 Å². The van der Waals surface area contributed by atoms with E-state index < -0.39 is 12.0 Å². The van der Waals surface area contributed by atoms with Crippen molar-refractivity contribution in [2.75, 3.05) is 0 Å². The van der Waals surface area contributed by atoms with Gasteiger partial charge in [-0.1, -0.05) is 12.1 Å². The van der Waals surface area contributed by atoms with E-state index >= 15 is 0 Å². The number of pyridine rings is 2. The number of hydrogen-bond donors (Lipinski definition) is 1. The molecule has 0 spiro atoms. The predicted octanol–water partition coefficient (Wildman–Crippen LogP) is 3.21. The van der Waals surface area contributed by atoms with E-state index in [4.69, 9.17) is 0 Å². The van der Waals surface area contributed by atoms with Gasteiger partial charge in [-0.2, -0.15) is 8.78 Å². The first kappa shape index (κ1) is 15.7. The molecule has 3 rings (SSSR count). The monoisotopic (exact) mass is 330 g/mol. The number of halogens is 2. The third-order valence-corrected chi connectivity index (χ3v) is 3.32. The largest absolute Gasteiger partial charge is 0.503 e. The molecule has 1 aromatic carbocycles. The number of nitrogens with zero attached hydrogens (tertiary/aromatic N) is 2. The summed E-state index contributed by atoms with van der Waals surface area (Å²) in [5.41, 5.74) is 1.10. The van der Waals surface area contributed by atoms with Crippen LogP contribution in [0.1, 0.15) is 0 Å². The second kappa shape index (κ2) is 6.49. The molecule has 0 saturated heterocycles. The van der Waals surface area contributed by atoms with Gasteiger partial charge in [0.1, 0.15) is 11.6 Å². The van der Waals surface area contributed by atoms with Crippen LogP contribution in [-0.4, -0.2) is 21.3 Å². The lowest BCUT2D eigenvalue weighted by atomic mass is 10.1. The van der Waals surface area contributed by atoms with Crippen LogP contribution in [0, 0.1) is 0 Å². The van der Waals surface area contributed by atoms with E-state index in [1.54, 1.807) is 30.5 Å². The fraction of sp³-hybridized carbons (Fsp3) is 0.0588. The Bertz CT molecular complexity index is 908. The van der Waals surface area contributed by atoms with E-state index in [0.29, 0.717) is 5.82 Å². The van der Waals surface area contributed by atoms with E-state index in [1.807, 2.05) is 0 Å². The van der Waals surface area contributed by atoms with Crippen molar-refractivity contribution in [1.82, 2.24) is 9.55 Å². The van der Waals surface area contributed by atoms with Crippen LogP contribution in [0.3, 0.4) is 0 Å². The van der Waals surface area contributed by atoms with E-state index in [-0.39, 0.29) is 11.5 Å². The molecule has 24 heavy (non-hydrogen) atoms. The van der Waals surface area contributed by atoms with Gasteiger partial charge in [0.25, 0.3) is 0 Å². The minimum absolute atomic E-state index is 0.0772. The Morgan fingerprint density at radius 1 is 1.08 bits per heavy atom. The number of ether oxygens (including phenoxy) is 1. The number of hydrogen-bond acceptors (Lipinski definition) is 4. The number of benzene rings is 1. The average molecular weight is 330 g/mol. The molecule has 0 saturated carbocycles. The minimum Gasteiger partial charge on any atom is -0.503 e. The van der Waals surface area contributed by atoms with Crippen LogP contribution in [0.15, 0.2) is 65.8 Å². The summed E-state index contributed by atoms with van der Waals surface area (Å²) >= 11 is 0. The van der Waals surface area contributed by atoms with Crippen molar-refractivity contribution in [2.24, 2.45) is 0 Å². The Morgan fingerprint density at radius 3 is 2.50 bits per heavy atom. The number of aromatic hydroxyl groups is 1. The van der Waals surface area contributed by atoms with Gasteiger partial charge < -0.3 is 14.4 Å². The van der Waals surface area contributed by atoms with E-state index in [9.17, 15) is 18.7 Å². The Kier molecular flexibility index (Phi) is 4.24. The van der Waals surface area contributed by atoms with Crippen LogP contribution in [0.5, 0.6) is 11.5 Å². The summed E-state index contributed by atoms with van der Waals surface area (Å²) < 4.78 is 30.2. The molecule has 2 heterocycles. The summed E-state index contributed by atoms with van der Waals surface area (Å²) in [5, 5.41) is 9.51. The van der Waals surface area contributed by atoms with Gasteiger partial charge >= 0.3 is 6.61 Å². The highest BCUT2D eigenvalue weighted by molar-refractivity contribution is 5.65. The fourth-order valence-electron chi connectivity index (χ4n) is 2.18. The van der Waals surface area contributed by atoms with Gasteiger partial charge in [0.05, 0.1) is 6.20 Å². The first-order valence-electron chi connectivity index (χ1n) is 6.96. The fourth-order valence-corrected chi connectivity index (χ4v) is 2.18. The molecule has 0 amide bonds. The normalized spacial score (nSPS) is 10.8. The molecule has 0 unspecified atom stereocenters. The highest BCUT2D eigenvalue weighted by atomic mass is 19.3. The standard InChI is InChI=1S/C17H12F2N2O3/c18-17(19)24-13-3-1-11(2-4-13)12-5-7-20-16(9-12)21-8-6-14(22)15(23)10-21/h1-10,17,23H. The lowest BCUT2D eigenvalue weighted by molar-refractivity contribution is -0.0498. The van der Waals surface area contributed by atoms with Crippen LogP contribution in [0.4, 0.5) is 8.78 Å². The number of aromatic nitrogens is 2. The van der Waals surface area contributed by atoms with Gasteiger partial charge in [0.2, 0.25) is 5.43 Å². The lowest BCUT2D eigenvalue weighted by Gasteiger charge is -2.09. The molecule has 0 atom stereocenters. The second-order valence-corrected chi connectivity index (χ2v) is 4.91.